The molecule has 1 fully saturated rings. The Hall–Kier alpha value is -1.46. The summed E-state index contributed by atoms with van der Waals surface area (Å²) in [6.45, 7) is 3.04. The average molecular weight is 235 g/mol. The SMILES string of the molecule is Cc1ccc(C(=O)N(C)[C@@H]2CNC[C@H]2O)cn1. The number of aromatic nitrogens is 1. The molecule has 2 rings (SSSR count). The third kappa shape index (κ3) is 2.45. The second-order valence-electron chi connectivity index (χ2n) is 4.40. The van der Waals surface area contributed by atoms with Crippen molar-refractivity contribution in [2.75, 3.05) is 20.1 Å². The summed E-state index contributed by atoms with van der Waals surface area (Å²) in [6.07, 6.45) is 1.07. The normalized spacial score (nSPS) is 23.7. The maximum absolute atomic E-state index is 12.1. The topological polar surface area (TPSA) is 65.5 Å². The van der Waals surface area contributed by atoms with Gasteiger partial charge < -0.3 is 15.3 Å². The summed E-state index contributed by atoms with van der Waals surface area (Å²) in [5.41, 5.74) is 1.43. The van der Waals surface area contributed by atoms with Crippen molar-refractivity contribution in [3.8, 4) is 0 Å². The number of nitrogens with zero attached hydrogens (tertiary/aromatic N) is 2. The van der Waals surface area contributed by atoms with Crippen LogP contribution in [0.2, 0.25) is 0 Å². The highest BCUT2D eigenvalue weighted by Crippen LogP contribution is 2.11. The zero-order valence-corrected chi connectivity index (χ0v) is 10.1. The summed E-state index contributed by atoms with van der Waals surface area (Å²) in [4.78, 5) is 17.8. The van der Waals surface area contributed by atoms with E-state index in [9.17, 15) is 9.90 Å². The Morgan fingerprint density at radius 1 is 1.53 bits per heavy atom. The first-order chi connectivity index (χ1) is 8.09. The van der Waals surface area contributed by atoms with Crippen LogP contribution in [0, 0.1) is 6.92 Å². The fourth-order valence-corrected chi connectivity index (χ4v) is 1.99. The lowest BCUT2D eigenvalue weighted by Crippen LogP contribution is -2.44. The number of amides is 1. The van der Waals surface area contributed by atoms with E-state index in [1.165, 1.54) is 0 Å². The van der Waals surface area contributed by atoms with Crippen LogP contribution < -0.4 is 5.32 Å². The van der Waals surface area contributed by atoms with Gasteiger partial charge in [0.25, 0.3) is 5.91 Å². The summed E-state index contributed by atoms with van der Waals surface area (Å²) in [6, 6.07) is 3.41. The Kier molecular flexibility index (Phi) is 3.40. The van der Waals surface area contributed by atoms with Crippen LogP contribution >= 0.6 is 0 Å². The van der Waals surface area contributed by atoms with Crippen molar-refractivity contribution < 1.29 is 9.90 Å². The molecule has 92 valence electrons. The summed E-state index contributed by atoms with van der Waals surface area (Å²) < 4.78 is 0. The van der Waals surface area contributed by atoms with Gasteiger partial charge in [-0.2, -0.15) is 0 Å². The standard InChI is InChI=1S/C12H17N3O2/c1-8-3-4-9(5-14-8)12(17)15(2)10-6-13-7-11(10)16/h3-5,10-11,13,16H,6-7H2,1-2H3/t10-,11-/m1/s1. The van der Waals surface area contributed by atoms with Gasteiger partial charge >= 0.3 is 0 Å². The van der Waals surface area contributed by atoms with Gasteiger partial charge in [0.15, 0.2) is 0 Å². The highest BCUT2D eigenvalue weighted by molar-refractivity contribution is 5.94. The van der Waals surface area contributed by atoms with E-state index in [4.69, 9.17) is 0 Å². The average Bonchev–Trinajstić information content (AvgIpc) is 2.74. The summed E-state index contributed by atoms with van der Waals surface area (Å²) in [7, 11) is 1.71. The number of carbonyl (C=O) groups is 1. The lowest BCUT2D eigenvalue weighted by molar-refractivity contribution is 0.0581. The fraction of sp³-hybridized carbons (Fsp3) is 0.500. The number of aliphatic hydroxyl groups excluding tert-OH is 1. The van der Waals surface area contributed by atoms with E-state index in [1.54, 1.807) is 24.2 Å². The molecule has 0 unspecified atom stereocenters. The van der Waals surface area contributed by atoms with E-state index < -0.39 is 6.10 Å². The number of carbonyl (C=O) groups excluding carboxylic acids is 1. The van der Waals surface area contributed by atoms with Crippen LogP contribution in [0.1, 0.15) is 16.1 Å². The number of pyridine rings is 1. The number of aryl methyl sites for hydroxylation is 1. The largest absolute Gasteiger partial charge is 0.390 e. The molecule has 0 aliphatic carbocycles. The van der Waals surface area contributed by atoms with Crippen molar-refractivity contribution >= 4 is 5.91 Å². The molecule has 0 bridgehead atoms. The van der Waals surface area contributed by atoms with Crippen LogP contribution in [0.25, 0.3) is 0 Å². The number of nitrogens with one attached hydrogen (secondary N) is 1. The predicted octanol–water partition coefficient (Wildman–Crippen LogP) is -0.205. The molecule has 0 radical (unpaired) electrons. The fourth-order valence-electron chi connectivity index (χ4n) is 1.99. The molecule has 2 N–H and O–H groups in total. The number of likely N-dealkylation sites (N-methyl/N-ethyl adjacent to an activating group) is 1. The van der Waals surface area contributed by atoms with Crippen LogP contribution in [-0.2, 0) is 0 Å². The van der Waals surface area contributed by atoms with Crippen molar-refractivity contribution in [3.63, 3.8) is 0 Å². The van der Waals surface area contributed by atoms with Gasteiger partial charge in [-0.05, 0) is 19.1 Å². The zero-order valence-electron chi connectivity index (χ0n) is 10.1. The summed E-state index contributed by atoms with van der Waals surface area (Å²) in [5, 5.41) is 12.8. The Labute approximate surface area is 100 Å². The molecule has 0 saturated carbocycles. The molecule has 1 amide bonds. The van der Waals surface area contributed by atoms with Crippen LogP contribution in [0.15, 0.2) is 18.3 Å². The Bertz CT molecular complexity index is 405. The molecule has 17 heavy (non-hydrogen) atoms. The minimum atomic E-state index is -0.498. The first-order valence-electron chi connectivity index (χ1n) is 5.68. The highest BCUT2D eigenvalue weighted by Gasteiger charge is 2.31. The van der Waals surface area contributed by atoms with E-state index in [2.05, 4.69) is 10.3 Å². The lowest BCUT2D eigenvalue weighted by Gasteiger charge is -2.26. The quantitative estimate of drug-likeness (QED) is 0.745. The van der Waals surface area contributed by atoms with Crippen molar-refractivity contribution in [3.05, 3.63) is 29.6 Å². The molecule has 2 heterocycles. The molecule has 5 nitrogen and oxygen atoms in total. The second kappa shape index (κ2) is 4.81. The maximum atomic E-state index is 12.1. The van der Waals surface area contributed by atoms with Crippen LogP contribution in [0.3, 0.4) is 0 Å². The van der Waals surface area contributed by atoms with E-state index in [0.29, 0.717) is 18.7 Å². The Balaban J connectivity index is 2.11. The van der Waals surface area contributed by atoms with E-state index >= 15 is 0 Å². The number of hydrogen-bond donors (Lipinski definition) is 2. The van der Waals surface area contributed by atoms with Crippen molar-refractivity contribution in [2.24, 2.45) is 0 Å². The summed E-state index contributed by atoms with van der Waals surface area (Å²) >= 11 is 0. The van der Waals surface area contributed by atoms with Gasteiger partial charge in [0.1, 0.15) is 0 Å². The molecule has 0 spiro atoms. The number of rotatable bonds is 2. The maximum Gasteiger partial charge on any atom is 0.255 e. The Morgan fingerprint density at radius 2 is 2.29 bits per heavy atom. The third-order valence-electron chi connectivity index (χ3n) is 3.13. The molecule has 1 aliphatic rings. The van der Waals surface area contributed by atoms with Gasteiger partial charge in [-0.15, -0.1) is 0 Å². The van der Waals surface area contributed by atoms with Crippen molar-refractivity contribution in [1.29, 1.82) is 0 Å². The minimum absolute atomic E-state index is 0.106. The molecular weight excluding hydrogens is 218 g/mol. The van der Waals surface area contributed by atoms with Crippen molar-refractivity contribution in [2.45, 2.75) is 19.1 Å². The monoisotopic (exact) mass is 235 g/mol. The van der Waals surface area contributed by atoms with Gasteiger partial charge in [-0.25, -0.2) is 0 Å². The van der Waals surface area contributed by atoms with Gasteiger partial charge in [0, 0.05) is 32.0 Å². The molecule has 1 saturated heterocycles. The zero-order chi connectivity index (χ0) is 12.4. The van der Waals surface area contributed by atoms with Gasteiger partial charge in [0.05, 0.1) is 17.7 Å². The molecule has 5 heteroatoms. The summed E-state index contributed by atoms with van der Waals surface area (Å²) in [5.74, 6) is -0.106. The molecule has 0 aromatic carbocycles. The highest BCUT2D eigenvalue weighted by atomic mass is 16.3. The van der Waals surface area contributed by atoms with Gasteiger partial charge in [-0.1, -0.05) is 0 Å². The number of β-amino-alcohol motifs (C(OH)–C–C–N with tert-alkyl or cyclic N) is 1. The third-order valence-corrected chi connectivity index (χ3v) is 3.13. The van der Waals surface area contributed by atoms with E-state index in [-0.39, 0.29) is 11.9 Å². The molecule has 1 aromatic rings. The lowest BCUT2D eigenvalue weighted by atomic mass is 10.1. The van der Waals surface area contributed by atoms with Gasteiger partial charge in [-0.3, -0.25) is 9.78 Å². The smallest absolute Gasteiger partial charge is 0.255 e. The predicted molar refractivity (Wildman–Crippen MR) is 63.7 cm³/mol. The number of hydrogen-bond acceptors (Lipinski definition) is 4. The van der Waals surface area contributed by atoms with Gasteiger partial charge in [0.2, 0.25) is 0 Å². The van der Waals surface area contributed by atoms with E-state index in [0.717, 1.165) is 5.69 Å². The number of aliphatic hydroxyl groups is 1. The van der Waals surface area contributed by atoms with Crippen LogP contribution in [0.4, 0.5) is 0 Å². The molecule has 1 aliphatic heterocycles. The first-order valence-corrected chi connectivity index (χ1v) is 5.68. The molecule has 2 atom stereocenters. The van der Waals surface area contributed by atoms with E-state index in [1.807, 2.05) is 13.0 Å². The van der Waals surface area contributed by atoms with Crippen LogP contribution in [-0.4, -0.2) is 53.2 Å². The first kappa shape index (κ1) is 12.0. The Morgan fingerprint density at radius 3 is 2.82 bits per heavy atom. The second-order valence-corrected chi connectivity index (χ2v) is 4.40. The minimum Gasteiger partial charge on any atom is -0.390 e. The van der Waals surface area contributed by atoms with Crippen molar-refractivity contribution in [1.82, 2.24) is 15.2 Å². The van der Waals surface area contributed by atoms with Crippen LogP contribution in [0.5, 0.6) is 0 Å². The molecular formula is C12H17N3O2. The molecule has 1 aromatic heterocycles.